The van der Waals surface area contributed by atoms with E-state index in [9.17, 15) is 14.7 Å². The van der Waals surface area contributed by atoms with Crippen LogP contribution in [0.3, 0.4) is 0 Å². The number of hydrogen-bond donors (Lipinski definition) is 1. The molecule has 138 valence electrons. The third kappa shape index (κ3) is 2.64. The van der Waals surface area contributed by atoms with Crippen LogP contribution < -0.4 is 0 Å². The number of allylic oxidation sites excluding steroid dienone is 1. The molecule has 5 heteroatoms. The quantitative estimate of drug-likeness (QED) is 0.613. The van der Waals surface area contributed by atoms with Gasteiger partial charge in [0.05, 0.1) is 6.10 Å². The molecule has 5 nitrogen and oxygen atoms in total. The number of carbonyl (C=O) groups is 2. The molecule has 0 bridgehead atoms. The summed E-state index contributed by atoms with van der Waals surface area (Å²) in [7, 11) is 0. The van der Waals surface area contributed by atoms with Crippen molar-refractivity contribution in [2.24, 2.45) is 17.3 Å². The summed E-state index contributed by atoms with van der Waals surface area (Å²) in [6.07, 6.45) is 2.84. The fourth-order valence-corrected chi connectivity index (χ4v) is 4.84. The summed E-state index contributed by atoms with van der Waals surface area (Å²) in [5, 5.41) is 11.2. The van der Waals surface area contributed by atoms with Gasteiger partial charge in [-0.05, 0) is 46.0 Å². The first-order chi connectivity index (χ1) is 11.7. The summed E-state index contributed by atoms with van der Waals surface area (Å²) >= 11 is 0. The largest absolute Gasteiger partial charge is 0.459 e. The molecule has 0 amide bonds. The fourth-order valence-electron chi connectivity index (χ4n) is 4.84. The Morgan fingerprint density at radius 1 is 1.40 bits per heavy atom. The Morgan fingerprint density at radius 2 is 2.08 bits per heavy atom. The van der Waals surface area contributed by atoms with Crippen LogP contribution in [0, 0.1) is 17.3 Å². The number of esters is 2. The lowest BCUT2D eigenvalue weighted by Crippen LogP contribution is -2.57. The molecule has 0 saturated heterocycles. The van der Waals surface area contributed by atoms with Crippen molar-refractivity contribution < 1.29 is 24.2 Å². The van der Waals surface area contributed by atoms with Crippen LogP contribution in [-0.2, 0) is 19.1 Å². The monoisotopic (exact) mass is 348 g/mol. The minimum Gasteiger partial charge on any atom is -0.459 e. The van der Waals surface area contributed by atoms with E-state index < -0.39 is 11.5 Å². The van der Waals surface area contributed by atoms with Crippen molar-refractivity contribution in [2.75, 3.05) is 0 Å². The van der Waals surface area contributed by atoms with E-state index in [2.05, 4.69) is 6.92 Å². The Labute approximate surface area is 149 Å². The van der Waals surface area contributed by atoms with Crippen LogP contribution in [-0.4, -0.2) is 35.4 Å². The molecule has 2 fully saturated rings. The molecule has 0 radical (unpaired) electrons. The second-order valence-electron chi connectivity index (χ2n) is 7.96. The molecule has 1 N–H and O–H groups in total. The lowest BCUT2D eigenvalue weighted by atomic mass is 9.52. The first-order valence-electron chi connectivity index (χ1n) is 9.15. The number of hydrogen-bond acceptors (Lipinski definition) is 5. The van der Waals surface area contributed by atoms with E-state index in [0.717, 1.165) is 24.8 Å². The summed E-state index contributed by atoms with van der Waals surface area (Å²) in [4.78, 5) is 24.1. The number of carbonyl (C=O) groups excluding carboxylic acids is 2. The molecule has 0 aromatic rings. The average molecular weight is 348 g/mol. The number of fused-ring (bicyclic) bond motifs is 2. The van der Waals surface area contributed by atoms with Gasteiger partial charge in [0.25, 0.3) is 0 Å². The Bertz CT molecular complexity index is 661. The van der Waals surface area contributed by atoms with Gasteiger partial charge in [-0.15, -0.1) is 0 Å². The lowest BCUT2D eigenvalue weighted by molar-refractivity contribution is -0.172. The van der Waals surface area contributed by atoms with Crippen molar-refractivity contribution in [3.05, 3.63) is 22.8 Å². The molecule has 25 heavy (non-hydrogen) atoms. The van der Waals surface area contributed by atoms with Gasteiger partial charge in [0.2, 0.25) is 0 Å². The molecule has 1 heterocycles. The second kappa shape index (κ2) is 6.27. The highest BCUT2D eigenvalue weighted by Crippen LogP contribution is 2.57. The Kier molecular flexibility index (Phi) is 4.56. The maximum atomic E-state index is 12.2. The van der Waals surface area contributed by atoms with Gasteiger partial charge in [0.1, 0.15) is 12.2 Å². The average Bonchev–Trinajstić information content (AvgIpc) is 2.86. The van der Waals surface area contributed by atoms with E-state index in [4.69, 9.17) is 9.47 Å². The van der Waals surface area contributed by atoms with Crippen LogP contribution in [0.2, 0.25) is 0 Å². The van der Waals surface area contributed by atoms with Crippen LogP contribution in [0.15, 0.2) is 22.8 Å². The molecule has 0 aromatic carbocycles. The summed E-state index contributed by atoms with van der Waals surface area (Å²) in [5.41, 5.74) is 1.42. The summed E-state index contributed by atoms with van der Waals surface area (Å²) < 4.78 is 11.2. The first-order valence-corrected chi connectivity index (χ1v) is 9.15. The topological polar surface area (TPSA) is 72.8 Å². The normalized spacial score (nSPS) is 41.1. The molecule has 0 spiro atoms. The Balaban J connectivity index is 1.88. The molecular formula is C20H28O5. The summed E-state index contributed by atoms with van der Waals surface area (Å²) in [6, 6.07) is 0. The van der Waals surface area contributed by atoms with Crippen molar-refractivity contribution in [1.82, 2.24) is 0 Å². The molecule has 2 saturated carbocycles. The standard InChI is InChI=1S/C20H28O5/c1-6-10(2)18(22)24-14-8-7-13-9-15-16(11(3)19(23)25-15)17(21)20(13,5)12(14)4/h6,12-15,17,21H,7-9H2,1-5H3. The maximum absolute atomic E-state index is 12.2. The molecule has 0 aromatic heterocycles. The number of aliphatic hydroxyl groups is 1. The minimum atomic E-state index is -0.748. The Morgan fingerprint density at radius 3 is 2.72 bits per heavy atom. The van der Waals surface area contributed by atoms with E-state index in [1.54, 1.807) is 19.9 Å². The summed E-state index contributed by atoms with van der Waals surface area (Å²) in [6.45, 7) is 9.40. The van der Waals surface area contributed by atoms with E-state index in [-0.39, 0.29) is 36.0 Å². The highest BCUT2D eigenvalue weighted by molar-refractivity contribution is 5.92. The van der Waals surface area contributed by atoms with Crippen molar-refractivity contribution in [1.29, 1.82) is 0 Å². The molecule has 6 atom stereocenters. The van der Waals surface area contributed by atoms with Crippen molar-refractivity contribution in [3.8, 4) is 0 Å². The van der Waals surface area contributed by atoms with Gasteiger partial charge in [-0.1, -0.05) is 19.9 Å². The van der Waals surface area contributed by atoms with Gasteiger partial charge >= 0.3 is 11.9 Å². The Hall–Kier alpha value is -1.62. The van der Waals surface area contributed by atoms with Gasteiger partial charge in [-0.2, -0.15) is 0 Å². The number of rotatable bonds is 2. The number of ether oxygens (including phenoxy) is 2. The second-order valence-corrected chi connectivity index (χ2v) is 7.96. The van der Waals surface area contributed by atoms with Crippen LogP contribution in [0.4, 0.5) is 0 Å². The SMILES string of the molecule is CC=C(C)C(=O)OC1CCC2CC3OC(=O)C(C)=C3C(O)C2(C)C1C. The molecule has 3 rings (SSSR count). The van der Waals surface area contributed by atoms with Gasteiger partial charge in [-0.3, -0.25) is 0 Å². The van der Waals surface area contributed by atoms with Gasteiger partial charge in [-0.25, -0.2) is 9.59 Å². The van der Waals surface area contributed by atoms with Crippen LogP contribution in [0.25, 0.3) is 0 Å². The summed E-state index contributed by atoms with van der Waals surface area (Å²) in [5.74, 6) is -0.380. The van der Waals surface area contributed by atoms with Crippen molar-refractivity contribution in [3.63, 3.8) is 0 Å². The minimum absolute atomic E-state index is 0.00759. The van der Waals surface area contributed by atoms with E-state index in [1.165, 1.54) is 0 Å². The third-order valence-corrected chi connectivity index (χ3v) is 6.95. The van der Waals surface area contributed by atoms with Crippen molar-refractivity contribution >= 4 is 11.9 Å². The molecule has 2 aliphatic carbocycles. The van der Waals surface area contributed by atoms with Gasteiger partial charge in [0, 0.05) is 28.1 Å². The highest BCUT2D eigenvalue weighted by atomic mass is 16.6. The molecule has 6 unspecified atom stereocenters. The van der Waals surface area contributed by atoms with Crippen LogP contribution >= 0.6 is 0 Å². The predicted molar refractivity (Wildman–Crippen MR) is 92.5 cm³/mol. The van der Waals surface area contributed by atoms with Crippen LogP contribution in [0.5, 0.6) is 0 Å². The lowest BCUT2D eigenvalue weighted by Gasteiger charge is -2.55. The van der Waals surface area contributed by atoms with Crippen LogP contribution in [0.1, 0.15) is 53.9 Å². The maximum Gasteiger partial charge on any atom is 0.334 e. The fraction of sp³-hybridized carbons (Fsp3) is 0.700. The first kappa shape index (κ1) is 18.2. The third-order valence-electron chi connectivity index (χ3n) is 6.95. The smallest absolute Gasteiger partial charge is 0.334 e. The molecule has 3 aliphatic rings. The molecule has 1 aliphatic heterocycles. The van der Waals surface area contributed by atoms with E-state index in [1.807, 2.05) is 13.8 Å². The van der Waals surface area contributed by atoms with Gasteiger partial charge in [0.15, 0.2) is 0 Å². The van der Waals surface area contributed by atoms with Gasteiger partial charge < -0.3 is 14.6 Å². The molecular weight excluding hydrogens is 320 g/mol. The zero-order valence-corrected chi connectivity index (χ0v) is 15.7. The van der Waals surface area contributed by atoms with Crippen molar-refractivity contribution in [2.45, 2.75) is 72.2 Å². The zero-order valence-electron chi connectivity index (χ0n) is 15.7. The van der Waals surface area contributed by atoms with E-state index in [0.29, 0.717) is 11.1 Å². The van der Waals surface area contributed by atoms with E-state index >= 15 is 0 Å². The zero-order chi connectivity index (χ0) is 18.5. The highest BCUT2D eigenvalue weighted by Gasteiger charge is 2.59. The predicted octanol–water partition coefficient (Wildman–Crippen LogP) is 2.92. The number of aliphatic hydroxyl groups excluding tert-OH is 1.